The second-order valence-corrected chi connectivity index (χ2v) is 3.86. The van der Waals surface area contributed by atoms with Crippen molar-refractivity contribution in [3.63, 3.8) is 0 Å². The van der Waals surface area contributed by atoms with Crippen LogP contribution >= 0.6 is 0 Å². The van der Waals surface area contributed by atoms with E-state index in [1.165, 1.54) is 24.5 Å². The largest absolute Gasteiger partial charge is 0.478 e. The van der Waals surface area contributed by atoms with Crippen molar-refractivity contribution in [3.05, 3.63) is 47.6 Å². The number of aromatic carboxylic acids is 1. The first-order chi connectivity index (χ1) is 9.65. The predicted molar refractivity (Wildman–Crippen MR) is 66.8 cm³/mol. The zero-order valence-electron chi connectivity index (χ0n) is 10.4. The summed E-state index contributed by atoms with van der Waals surface area (Å²) < 4.78 is 4.82. The predicted octanol–water partition coefficient (Wildman–Crippen LogP) is 0.767. The SMILES string of the molecule is O=C(NCc1cc(C(=O)O)ccn1)NCc1ccno1. The molecule has 0 bridgehead atoms. The van der Waals surface area contributed by atoms with Crippen LogP contribution in [-0.2, 0) is 13.1 Å². The van der Waals surface area contributed by atoms with Gasteiger partial charge in [-0.2, -0.15) is 0 Å². The molecular formula is C12H12N4O4. The molecule has 2 aromatic heterocycles. The highest BCUT2D eigenvalue weighted by atomic mass is 16.5. The highest BCUT2D eigenvalue weighted by molar-refractivity contribution is 5.87. The average Bonchev–Trinajstić information content (AvgIpc) is 2.96. The van der Waals surface area contributed by atoms with E-state index in [0.29, 0.717) is 11.5 Å². The third-order valence-electron chi connectivity index (χ3n) is 2.41. The zero-order chi connectivity index (χ0) is 14.4. The van der Waals surface area contributed by atoms with Crippen molar-refractivity contribution in [2.45, 2.75) is 13.1 Å². The second-order valence-electron chi connectivity index (χ2n) is 3.86. The number of carbonyl (C=O) groups is 2. The van der Waals surface area contributed by atoms with Crippen LogP contribution in [0.4, 0.5) is 4.79 Å². The van der Waals surface area contributed by atoms with E-state index in [4.69, 9.17) is 9.63 Å². The molecule has 0 unspecified atom stereocenters. The molecule has 8 nitrogen and oxygen atoms in total. The Labute approximate surface area is 113 Å². The van der Waals surface area contributed by atoms with E-state index < -0.39 is 12.0 Å². The molecule has 2 aromatic rings. The summed E-state index contributed by atoms with van der Waals surface area (Å²) in [5.74, 6) is -0.505. The van der Waals surface area contributed by atoms with Gasteiger partial charge in [0.1, 0.15) is 0 Å². The maximum Gasteiger partial charge on any atom is 0.335 e. The fourth-order valence-corrected chi connectivity index (χ4v) is 1.44. The molecule has 8 heteroatoms. The third kappa shape index (κ3) is 3.80. The van der Waals surface area contributed by atoms with Crippen molar-refractivity contribution in [3.8, 4) is 0 Å². The number of urea groups is 1. The molecule has 0 radical (unpaired) electrons. The summed E-state index contributed by atoms with van der Waals surface area (Å²) in [6.45, 7) is 0.345. The van der Waals surface area contributed by atoms with Gasteiger partial charge in [0.15, 0.2) is 5.76 Å². The summed E-state index contributed by atoms with van der Waals surface area (Å²) in [6, 6.07) is 4.01. The van der Waals surface area contributed by atoms with Crippen LogP contribution in [0.15, 0.2) is 35.1 Å². The lowest BCUT2D eigenvalue weighted by molar-refractivity contribution is 0.0696. The Morgan fingerprint density at radius 2 is 2.00 bits per heavy atom. The summed E-state index contributed by atoms with van der Waals surface area (Å²) in [4.78, 5) is 26.3. The summed E-state index contributed by atoms with van der Waals surface area (Å²) in [7, 11) is 0. The Morgan fingerprint density at radius 1 is 1.20 bits per heavy atom. The van der Waals surface area contributed by atoms with Gasteiger partial charge in [-0.15, -0.1) is 0 Å². The smallest absolute Gasteiger partial charge is 0.335 e. The van der Waals surface area contributed by atoms with Gasteiger partial charge in [-0.3, -0.25) is 4.98 Å². The van der Waals surface area contributed by atoms with Gasteiger partial charge < -0.3 is 20.3 Å². The standard InChI is InChI=1S/C12H12N4O4/c17-11(18)8-1-3-13-9(5-8)6-14-12(19)15-7-10-2-4-16-20-10/h1-5H,6-7H2,(H,17,18)(H2,14,15,19). The van der Waals surface area contributed by atoms with Crippen LogP contribution < -0.4 is 10.6 Å². The lowest BCUT2D eigenvalue weighted by atomic mass is 10.2. The molecule has 2 amide bonds. The van der Waals surface area contributed by atoms with Crippen LogP contribution in [0.3, 0.4) is 0 Å². The number of carboxylic acid groups (broad SMARTS) is 1. The van der Waals surface area contributed by atoms with Crippen molar-refractivity contribution < 1.29 is 19.2 Å². The molecule has 0 spiro atoms. The number of nitrogens with zero attached hydrogens (tertiary/aromatic N) is 2. The molecule has 3 N–H and O–H groups in total. The monoisotopic (exact) mass is 276 g/mol. The Bertz CT molecular complexity index is 597. The molecule has 0 aliphatic heterocycles. The quantitative estimate of drug-likeness (QED) is 0.742. The van der Waals surface area contributed by atoms with E-state index in [9.17, 15) is 9.59 Å². The maximum atomic E-state index is 11.5. The van der Waals surface area contributed by atoms with E-state index in [1.807, 2.05) is 0 Å². The number of amides is 2. The van der Waals surface area contributed by atoms with Gasteiger partial charge in [-0.25, -0.2) is 9.59 Å². The third-order valence-corrected chi connectivity index (χ3v) is 2.41. The molecule has 0 aromatic carbocycles. The van der Waals surface area contributed by atoms with Gasteiger partial charge in [0.05, 0.1) is 30.5 Å². The van der Waals surface area contributed by atoms with Gasteiger partial charge >= 0.3 is 12.0 Å². The Morgan fingerprint density at radius 3 is 2.70 bits per heavy atom. The molecule has 0 saturated carbocycles. The molecule has 0 aliphatic carbocycles. The average molecular weight is 276 g/mol. The van der Waals surface area contributed by atoms with Crippen LogP contribution in [-0.4, -0.2) is 27.2 Å². The molecule has 0 fully saturated rings. The Kier molecular flexibility index (Phi) is 4.28. The minimum atomic E-state index is -1.04. The lowest BCUT2D eigenvalue weighted by Gasteiger charge is -2.06. The molecular weight excluding hydrogens is 264 g/mol. The van der Waals surface area contributed by atoms with E-state index in [-0.39, 0.29) is 18.7 Å². The molecule has 0 atom stereocenters. The second kappa shape index (κ2) is 6.32. The minimum absolute atomic E-state index is 0.124. The minimum Gasteiger partial charge on any atom is -0.478 e. The molecule has 2 heterocycles. The van der Waals surface area contributed by atoms with E-state index >= 15 is 0 Å². The fraction of sp³-hybridized carbons (Fsp3) is 0.167. The summed E-state index contributed by atoms with van der Waals surface area (Å²) in [5, 5.41) is 17.5. The highest BCUT2D eigenvalue weighted by Gasteiger charge is 2.06. The number of hydrogen-bond acceptors (Lipinski definition) is 5. The molecule has 0 saturated heterocycles. The highest BCUT2D eigenvalue weighted by Crippen LogP contribution is 2.01. The van der Waals surface area contributed by atoms with Crippen molar-refractivity contribution in [1.82, 2.24) is 20.8 Å². The number of carboxylic acids is 1. The fourth-order valence-electron chi connectivity index (χ4n) is 1.44. The summed E-state index contributed by atoms with van der Waals surface area (Å²) >= 11 is 0. The van der Waals surface area contributed by atoms with Gasteiger partial charge in [-0.05, 0) is 12.1 Å². The molecule has 2 rings (SSSR count). The molecule has 20 heavy (non-hydrogen) atoms. The number of aromatic nitrogens is 2. The van der Waals surface area contributed by atoms with Crippen LogP contribution in [0.5, 0.6) is 0 Å². The molecule has 0 aliphatic rings. The topological polar surface area (TPSA) is 117 Å². The van der Waals surface area contributed by atoms with Gasteiger partial charge in [0, 0.05) is 12.3 Å². The van der Waals surface area contributed by atoms with E-state index in [2.05, 4.69) is 20.8 Å². The van der Waals surface area contributed by atoms with Crippen LogP contribution in [0.2, 0.25) is 0 Å². The van der Waals surface area contributed by atoms with E-state index in [1.54, 1.807) is 6.07 Å². The number of carbonyl (C=O) groups excluding carboxylic acids is 1. The van der Waals surface area contributed by atoms with Gasteiger partial charge in [0.2, 0.25) is 0 Å². The summed E-state index contributed by atoms with van der Waals surface area (Å²) in [6.07, 6.45) is 2.86. The van der Waals surface area contributed by atoms with Gasteiger partial charge in [0.25, 0.3) is 0 Å². The van der Waals surface area contributed by atoms with Gasteiger partial charge in [-0.1, -0.05) is 5.16 Å². The Balaban J connectivity index is 1.81. The normalized spacial score (nSPS) is 10.0. The van der Waals surface area contributed by atoms with Crippen molar-refractivity contribution in [2.75, 3.05) is 0 Å². The van der Waals surface area contributed by atoms with E-state index in [0.717, 1.165) is 0 Å². The summed E-state index contributed by atoms with van der Waals surface area (Å²) in [5.41, 5.74) is 0.582. The number of hydrogen-bond donors (Lipinski definition) is 3. The first kappa shape index (κ1) is 13.5. The maximum absolute atomic E-state index is 11.5. The Hall–Kier alpha value is -2.90. The van der Waals surface area contributed by atoms with Crippen LogP contribution in [0.25, 0.3) is 0 Å². The first-order valence-electron chi connectivity index (χ1n) is 5.74. The number of nitrogens with one attached hydrogen (secondary N) is 2. The van der Waals surface area contributed by atoms with Crippen LogP contribution in [0.1, 0.15) is 21.8 Å². The van der Waals surface area contributed by atoms with Crippen molar-refractivity contribution in [1.29, 1.82) is 0 Å². The molecule has 104 valence electrons. The lowest BCUT2D eigenvalue weighted by Crippen LogP contribution is -2.34. The first-order valence-corrected chi connectivity index (χ1v) is 5.74. The van der Waals surface area contributed by atoms with Crippen molar-refractivity contribution >= 4 is 12.0 Å². The number of rotatable bonds is 5. The number of pyridine rings is 1. The zero-order valence-corrected chi connectivity index (χ0v) is 10.4. The van der Waals surface area contributed by atoms with Crippen LogP contribution in [0, 0.1) is 0 Å². The van der Waals surface area contributed by atoms with Crippen molar-refractivity contribution in [2.24, 2.45) is 0 Å².